The molecule has 0 unspecified atom stereocenters. The molecule has 0 aliphatic heterocycles. The highest BCUT2D eigenvalue weighted by atomic mass is 16.5. The molecule has 162 valence electrons. The van der Waals surface area contributed by atoms with Crippen LogP contribution in [0.5, 0.6) is 0 Å². The van der Waals surface area contributed by atoms with Gasteiger partial charge in [0, 0.05) is 12.0 Å². The fourth-order valence-corrected chi connectivity index (χ4v) is 4.55. The van der Waals surface area contributed by atoms with E-state index in [0.29, 0.717) is 19.3 Å². The van der Waals surface area contributed by atoms with Gasteiger partial charge < -0.3 is 20.5 Å². The Morgan fingerprint density at radius 1 is 1.03 bits per heavy atom. The minimum Gasteiger partial charge on any atom is -0.481 e. The standard InChI is InChI=1S/C24H26N2O5/c1-14(22(27)26-16-11-10-15(12-16)23(28)29)25-24(30)31-13-21-19-8-4-2-6-17(19)18-7-3-5-9-20(18)21/h2-9,14-16,21H,10-13H2,1H3,(H,25,30)(H,26,27)(H,28,29)/t14-,15-,16+/m1/s1. The van der Waals surface area contributed by atoms with Gasteiger partial charge in [0.2, 0.25) is 5.91 Å². The molecule has 0 heterocycles. The SMILES string of the molecule is C[C@@H](NC(=O)OCC1c2ccccc2-c2ccccc21)C(=O)N[C@H]1CC[C@@H](C(=O)O)C1. The molecule has 2 aliphatic rings. The molecule has 0 radical (unpaired) electrons. The van der Waals surface area contributed by atoms with Crippen molar-refractivity contribution in [1.82, 2.24) is 10.6 Å². The van der Waals surface area contributed by atoms with Gasteiger partial charge >= 0.3 is 12.1 Å². The highest BCUT2D eigenvalue weighted by Crippen LogP contribution is 2.44. The van der Waals surface area contributed by atoms with Gasteiger partial charge in [-0.1, -0.05) is 48.5 Å². The van der Waals surface area contributed by atoms with E-state index in [2.05, 4.69) is 22.8 Å². The zero-order valence-electron chi connectivity index (χ0n) is 17.3. The molecule has 3 N–H and O–H groups in total. The Hall–Kier alpha value is -3.35. The van der Waals surface area contributed by atoms with Crippen LogP contribution in [0, 0.1) is 5.92 Å². The van der Waals surface area contributed by atoms with Gasteiger partial charge in [0.05, 0.1) is 5.92 Å². The maximum absolute atomic E-state index is 12.4. The molecule has 4 rings (SSSR count). The molecular weight excluding hydrogens is 396 g/mol. The van der Waals surface area contributed by atoms with Gasteiger partial charge in [-0.15, -0.1) is 0 Å². The second kappa shape index (κ2) is 8.79. The average molecular weight is 422 g/mol. The van der Waals surface area contributed by atoms with E-state index < -0.39 is 24.0 Å². The number of carbonyl (C=O) groups is 3. The first-order valence-corrected chi connectivity index (χ1v) is 10.6. The van der Waals surface area contributed by atoms with Crippen molar-refractivity contribution in [1.29, 1.82) is 0 Å². The molecular formula is C24H26N2O5. The first kappa shape index (κ1) is 20.9. The fraction of sp³-hybridized carbons (Fsp3) is 0.375. The van der Waals surface area contributed by atoms with Gasteiger partial charge in [0.1, 0.15) is 12.6 Å². The monoisotopic (exact) mass is 422 g/mol. The summed E-state index contributed by atoms with van der Waals surface area (Å²) in [7, 11) is 0. The highest BCUT2D eigenvalue weighted by molar-refractivity contribution is 5.85. The molecule has 1 fully saturated rings. The molecule has 2 amide bonds. The summed E-state index contributed by atoms with van der Waals surface area (Å²) in [4.78, 5) is 35.8. The van der Waals surface area contributed by atoms with Crippen molar-refractivity contribution in [3.05, 3.63) is 59.7 Å². The van der Waals surface area contributed by atoms with Gasteiger partial charge in [0.15, 0.2) is 0 Å². The molecule has 2 aromatic carbocycles. The molecule has 3 atom stereocenters. The number of aliphatic carboxylic acids is 1. The van der Waals surface area contributed by atoms with Gasteiger partial charge in [-0.25, -0.2) is 4.79 Å². The fourth-order valence-electron chi connectivity index (χ4n) is 4.55. The van der Waals surface area contributed by atoms with Gasteiger partial charge in [-0.05, 0) is 48.4 Å². The topological polar surface area (TPSA) is 105 Å². The van der Waals surface area contributed by atoms with Crippen LogP contribution in [0.25, 0.3) is 11.1 Å². The van der Waals surface area contributed by atoms with Gasteiger partial charge in [-0.2, -0.15) is 0 Å². The molecule has 1 saturated carbocycles. The molecule has 0 saturated heterocycles. The molecule has 31 heavy (non-hydrogen) atoms. The lowest BCUT2D eigenvalue weighted by molar-refractivity contribution is -0.141. The Bertz CT molecular complexity index is 959. The van der Waals surface area contributed by atoms with Crippen LogP contribution >= 0.6 is 0 Å². The molecule has 0 aromatic heterocycles. The van der Waals surface area contributed by atoms with Crippen molar-refractivity contribution in [3.63, 3.8) is 0 Å². The van der Waals surface area contributed by atoms with Crippen molar-refractivity contribution < 1.29 is 24.2 Å². The average Bonchev–Trinajstić information content (AvgIpc) is 3.35. The summed E-state index contributed by atoms with van der Waals surface area (Å²) < 4.78 is 5.47. The van der Waals surface area contributed by atoms with E-state index >= 15 is 0 Å². The lowest BCUT2D eigenvalue weighted by Gasteiger charge is -2.19. The van der Waals surface area contributed by atoms with Crippen LogP contribution in [0.2, 0.25) is 0 Å². The number of ether oxygens (including phenoxy) is 1. The molecule has 7 heteroatoms. The number of rotatable bonds is 6. The van der Waals surface area contributed by atoms with E-state index in [1.807, 2.05) is 36.4 Å². The van der Waals surface area contributed by atoms with E-state index in [-0.39, 0.29) is 24.5 Å². The Labute approximate surface area is 180 Å². The van der Waals surface area contributed by atoms with Crippen molar-refractivity contribution in [2.24, 2.45) is 5.92 Å². The number of carboxylic acids is 1. The minimum absolute atomic E-state index is 0.0475. The highest BCUT2D eigenvalue weighted by Gasteiger charge is 2.32. The third kappa shape index (κ3) is 4.40. The predicted octanol–water partition coefficient (Wildman–Crippen LogP) is 3.28. The van der Waals surface area contributed by atoms with Gasteiger partial charge in [0.25, 0.3) is 0 Å². The smallest absolute Gasteiger partial charge is 0.407 e. The summed E-state index contributed by atoms with van der Waals surface area (Å²) in [6, 6.07) is 15.2. The Morgan fingerprint density at radius 2 is 1.65 bits per heavy atom. The number of benzene rings is 2. The second-order valence-corrected chi connectivity index (χ2v) is 8.25. The number of carboxylic acid groups (broad SMARTS) is 1. The van der Waals surface area contributed by atoms with E-state index in [1.54, 1.807) is 6.92 Å². The van der Waals surface area contributed by atoms with Crippen molar-refractivity contribution in [2.75, 3.05) is 6.61 Å². The van der Waals surface area contributed by atoms with E-state index in [4.69, 9.17) is 9.84 Å². The summed E-state index contributed by atoms with van der Waals surface area (Å²) in [6.45, 7) is 1.76. The zero-order chi connectivity index (χ0) is 22.0. The third-order valence-corrected chi connectivity index (χ3v) is 6.20. The maximum Gasteiger partial charge on any atom is 0.407 e. The minimum atomic E-state index is -0.832. The van der Waals surface area contributed by atoms with Gasteiger partial charge in [-0.3, -0.25) is 9.59 Å². The number of hydrogen-bond acceptors (Lipinski definition) is 4. The summed E-state index contributed by atoms with van der Waals surface area (Å²) in [5, 5.41) is 14.5. The predicted molar refractivity (Wildman–Crippen MR) is 115 cm³/mol. The van der Waals surface area contributed by atoms with Crippen LogP contribution in [0.1, 0.15) is 43.2 Å². The largest absolute Gasteiger partial charge is 0.481 e. The Morgan fingerprint density at radius 3 is 2.23 bits per heavy atom. The third-order valence-electron chi connectivity index (χ3n) is 6.20. The lowest BCUT2D eigenvalue weighted by atomic mass is 9.98. The quantitative estimate of drug-likeness (QED) is 0.663. The summed E-state index contributed by atoms with van der Waals surface area (Å²) in [5.41, 5.74) is 4.54. The number of carbonyl (C=O) groups excluding carboxylic acids is 2. The number of alkyl carbamates (subject to hydrolysis) is 1. The normalized spacial score (nSPS) is 20.4. The van der Waals surface area contributed by atoms with Crippen molar-refractivity contribution in [2.45, 2.75) is 44.2 Å². The molecule has 0 spiro atoms. The molecule has 2 aliphatic carbocycles. The van der Waals surface area contributed by atoms with Crippen molar-refractivity contribution in [3.8, 4) is 11.1 Å². The second-order valence-electron chi connectivity index (χ2n) is 8.25. The van der Waals surface area contributed by atoms with Crippen LogP contribution in [0.3, 0.4) is 0 Å². The van der Waals surface area contributed by atoms with E-state index in [9.17, 15) is 14.4 Å². The number of fused-ring (bicyclic) bond motifs is 3. The van der Waals surface area contributed by atoms with Crippen LogP contribution < -0.4 is 10.6 Å². The first-order chi connectivity index (χ1) is 14.9. The number of hydrogen-bond donors (Lipinski definition) is 3. The molecule has 0 bridgehead atoms. The number of nitrogens with one attached hydrogen (secondary N) is 2. The maximum atomic E-state index is 12.4. The Kier molecular flexibility index (Phi) is 5.93. The van der Waals surface area contributed by atoms with E-state index in [1.165, 1.54) is 0 Å². The summed E-state index contributed by atoms with van der Waals surface area (Å²) in [5.74, 6) is -1.64. The number of amides is 2. The molecule has 7 nitrogen and oxygen atoms in total. The summed E-state index contributed by atoms with van der Waals surface area (Å²) in [6.07, 6.45) is 0.937. The summed E-state index contributed by atoms with van der Waals surface area (Å²) >= 11 is 0. The van der Waals surface area contributed by atoms with Crippen molar-refractivity contribution >= 4 is 18.0 Å². The zero-order valence-corrected chi connectivity index (χ0v) is 17.3. The van der Waals surface area contributed by atoms with Crippen LogP contribution in [-0.4, -0.2) is 41.8 Å². The van der Waals surface area contributed by atoms with Crippen LogP contribution in [0.15, 0.2) is 48.5 Å². The van der Waals surface area contributed by atoms with Crippen LogP contribution in [0.4, 0.5) is 4.79 Å². The Balaban J connectivity index is 1.30. The van der Waals surface area contributed by atoms with Crippen LogP contribution in [-0.2, 0) is 14.3 Å². The lowest BCUT2D eigenvalue weighted by Crippen LogP contribution is -2.47. The first-order valence-electron chi connectivity index (χ1n) is 10.6. The molecule has 2 aromatic rings. The van der Waals surface area contributed by atoms with E-state index in [0.717, 1.165) is 22.3 Å².